The topological polar surface area (TPSA) is 100 Å². The number of hydrogen-bond donors (Lipinski definition) is 2. The minimum absolute atomic E-state index is 0.0852. The Bertz CT molecular complexity index is 961. The third-order valence-electron chi connectivity index (χ3n) is 4.01. The summed E-state index contributed by atoms with van der Waals surface area (Å²) in [6.45, 7) is 4.49. The van der Waals surface area contributed by atoms with Gasteiger partial charge in [0.1, 0.15) is 6.07 Å². The largest absolute Gasteiger partial charge is 0.493 e. The maximum atomic E-state index is 12.4. The first-order valence-electron chi connectivity index (χ1n) is 9.48. The van der Waals surface area contributed by atoms with Crippen molar-refractivity contribution in [2.24, 2.45) is 5.92 Å². The number of nitrogens with zero attached hydrogens (tertiary/aromatic N) is 1. The fourth-order valence-corrected chi connectivity index (χ4v) is 2.55. The van der Waals surface area contributed by atoms with Crippen LogP contribution in [0.25, 0.3) is 6.08 Å². The summed E-state index contributed by atoms with van der Waals surface area (Å²) in [6, 6.07) is 13.9. The molecule has 0 saturated heterocycles. The average Bonchev–Trinajstić information content (AvgIpc) is 2.75. The molecule has 2 aromatic rings. The van der Waals surface area contributed by atoms with Gasteiger partial charge in [-0.25, -0.2) is 0 Å². The molecule has 7 heteroatoms. The van der Waals surface area contributed by atoms with E-state index in [0.717, 1.165) is 0 Å². The third-order valence-corrected chi connectivity index (χ3v) is 4.01. The van der Waals surface area contributed by atoms with Crippen molar-refractivity contribution in [3.05, 3.63) is 59.7 Å². The molecule has 0 heterocycles. The number of benzene rings is 2. The highest BCUT2D eigenvalue weighted by Gasteiger charge is 2.12. The maximum absolute atomic E-state index is 12.4. The molecule has 7 nitrogen and oxygen atoms in total. The van der Waals surface area contributed by atoms with E-state index in [9.17, 15) is 9.59 Å². The van der Waals surface area contributed by atoms with Crippen molar-refractivity contribution in [2.45, 2.75) is 13.8 Å². The van der Waals surface area contributed by atoms with Crippen LogP contribution in [0.3, 0.4) is 0 Å². The summed E-state index contributed by atoms with van der Waals surface area (Å²) in [4.78, 5) is 24.7. The Labute approximate surface area is 176 Å². The summed E-state index contributed by atoms with van der Waals surface area (Å²) < 4.78 is 10.5. The number of para-hydroxylation sites is 1. The van der Waals surface area contributed by atoms with E-state index in [-0.39, 0.29) is 18.4 Å². The zero-order chi connectivity index (χ0) is 21.9. The summed E-state index contributed by atoms with van der Waals surface area (Å²) in [5.41, 5.74) is 1.56. The predicted octanol–water partition coefficient (Wildman–Crippen LogP) is 3.64. The number of carbonyl (C=O) groups is 2. The number of anilines is 1. The summed E-state index contributed by atoms with van der Waals surface area (Å²) in [7, 11) is 1.50. The normalized spacial score (nSPS) is 10.5. The van der Waals surface area contributed by atoms with Gasteiger partial charge in [-0.05, 0) is 41.8 Å². The van der Waals surface area contributed by atoms with E-state index in [4.69, 9.17) is 14.7 Å². The molecule has 2 rings (SSSR count). The second-order valence-electron chi connectivity index (χ2n) is 6.83. The quantitative estimate of drug-likeness (QED) is 0.618. The molecule has 0 saturated carbocycles. The molecule has 0 aromatic heterocycles. The molecule has 0 unspecified atom stereocenters. The molecule has 0 spiro atoms. The lowest BCUT2D eigenvalue weighted by atomic mass is 10.1. The predicted molar refractivity (Wildman–Crippen MR) is 115 cm³/mol. The van der Waals surface area contributed by atoms with E-state index < -0.39 is 0 Å². The molecular formula is C23H25N3O4. The summed E-state index contributed by atoms with van der Waals surface area (Å²) in [6.07, 6.45) is 2.99. The highest BCUT2D eigenvalue weighted by atomic mass is 16.5. The van der Waals surface area contributed by atoms with Gasteiger partial charge < -0.3 is 20.1 Å². The number of ether oxygens (including phenoxy) is 2. The van der Waals surface area contributed by atoms with Crippen LogP contribution in [0.1, 0.15) is 29.8 Å². The lowest BCUT2D eigenvalue weighted by Gasteiger charge is -2.11. The van der Waals surface area contributed by atoms with Crippen molar-refractivity contribution in [2.75, 3.05) is 25.6 Å². The van der Waals surface area contributed by atoms with Gasteiger partial charge in [0.2, 0.25) is 5.91 Å². The standard InChI is InChI=1S/C23H25N3O4/c1-16(2)15-25-23(28)18-6-4-5-7-19(18)26-22(27)11-9-17-8-10-20(30-13-12-24)21(14-17)29-3/h4-11,14,16H,13,15H2,1-3H3,(H,25,28)(H,26,27)/b11-9+. The first-order chi connectivity index (χ1) is 14.4. The Morgan fingerprint density at radius 2 is 1.93 bits per heavy atom. The Hall–Kier alpha value is -3.79. The molecule has 2 amide bonds. The lowest BCUT2D eigenvalue weighted by molar-refractivity contribution is -0.111. The number of rotatable bonds is 9. The summed E-state index contributed by atoms with van der Waals surface area (Å²) >= 11 is 0. The fourth-order valence-electron chi connectivity index (χ4n) is 2.55. The molecule has 0 aliphatic carbocycles. The van der Waals surface area contributed by atoms with Crippen LogP contribution >= 0.6 is 0 Å². The van der Waals surface area contributed by atoms with Crippen molar-refractivity contribution >= 4 is 23.6 Å². The second-order valence-corrected chi connectivity index (χ2v) is 6.83. The van der Waals surface area contributed by atoms with E-state index in [1.54, 1.807) is 48.5 Å². The number of hydrogen-bond acceptors (Lipinski definition) is 5. The van der Waals surface area contributed by atoms with Gasteiger partial charge in [0, 0.05) is 12.6 Å². The number of nitrogens with one attached hydrogen (secondary N) is 2. The van der Waals surface area contributed by atoms with Crippen LogP contribution in [0.2, 0.25) is 0 Å². The minimum Gasteiger partial charge on any atom is -0.493 e. The molecule has 0 atom stereocenters. The molecule has 0 aliphatic rings. The molecule has 2 N–H and O–H groups in total. The third kappa shape index (κ3) is 6.67. The van der Waals surface area contributed by atoms with Gasteiger partial charge >= 0.3 is 0 Å². The summed E-state index contributed by atoms with van der Waals surface area (Å²) in [5.74, 6) is 0.624. The van der Waals surface area contributed by atoms with Crippen LogP contribution in [0.4, 0.5) is 5.69 Å². The first kappa shape index (κ1) is 22.5. The highest BCUT2D eigenvalue weighted by molar-refractivity contribution is 6.07. The average molecular weight is 407 g/mol. The Kier molecular flexibility index (Phi) is 8.45. The molecule has 30 heavy (non-hydrogen) atoms. The monoisotopic (exact) mass is 407 g/mol. The van der Waals surface area contributed by atoms with Crippen molar-refractivity contribution < 1.29 is 19.1 Å². The Morgan fingerprint density at radius 1 is 1.17 bits per heavy atom. The van der Waals surface area contributed by atoms with Gasteiger partial charge in [-0.1, -0.05) is 32.0 Å². The van der Waals surface area contributed by atoms with Crippen molar-refractivity contribution in [3.63, 3.8) is 0 Å². The van der Waals surface area contributed by atoms with Gasteiger partial charge in [-0.3, -0.25) is 9.59 Å². The van der Waals surface area contributed by atoms with Crippen LogP contribution in [-0.2, 0) is 4.79 Å². The maximum Gasteiger partial charge on any atom is 0.253 e. The second kappa shape index (κ2) is 11.3. The van der Waals surface area contributed by atoms with Gasteiger partial charge in [0.15, 0.2) is 18.1 Å². The Balaban J connectivity index is 2.08. The van der Waals surface area contributed by atoms with E-state index >= 15 is 0 Å². The van der Waals surface area contributed by atoms with E-state index in [0.29, 0.717) is 40.8 Å². The van der Waals surface area contributed by atoms with Crippen molar-refractivity contribution in [1.82, 2.24) is 5.32 Å². The highest BCUT2D eigenvalue weighted by Crippen LogP contribution is 2.28. The number of nitriles is 1. The molecule has 0 aliphatic heterocycles. The first-order valence-corrected chi connectivity index (χ1v) is 9.48. The molecule has 0 radical (unpaired) electrons. The van der Waals surface area contributed by atoms with Crippen LogP contribution < -0.4 is 20.1 Å². The molecular weight excluding hydrogens is 382 g/mol. The van der Waals surface area contributed by atoms with Gasteiger partial charge in [0.05, 0.1) is 18.4 Å². The van der Waals surface area contributed by atoms with Crippen LogP contribution in [-0.4, -0.2) is 32.1 Å². The number of methoxy groups -OCH3 is 1. The SMILES string of the molecule is COc1cc(/C=C/C(=O)Nc2ccccc2C(=O)NCC(C)C)ccc1OCC#N. The fraction of sp³-hybridized carbons (Fsp3) is 0.261. The van der Waals surface area contributed by atoms with E-state index in [1.807, 2.05) is 19.9 Å². The van der Waals surface area contributed by atoms with Crippen LogP contribution in [0.15, 0.2) is 48.5 Å². The molecule has 156 valence electrons. The van der Waals surface area contributed by atoms with E-state index in [2.05, 4.69) is 10.6 Å². The number of amides is 2. The lowest BCUT2D eigenvalue weighted by Crippen LogP contribution is -2.28. The van der Waals surface area contributed by atoms with Gasteiger partial charge in [0.25, 0.3) is 5.91 Å². The number of carbonyl (C=O) groups excluding carboxylic acids is 2. The summed E-state index contributed by atoms with van der Waals surface area (Å²) in [5, 5.41) is 14.2. The van der Waals surface area contributed by atoms with Crippen molar-refractivity contribution in [1.29, 1.82) is 5.26 Å². The van der Waals surface area contributed by atoms with E-state index in [1.165, 1.54) is 13.2 Å². The van der Waals surface area contributed by atoms with Crippen LogP contribution in [0, 0.1) is 17.2 Å². The van der Waals surface area contributed by atoms with Gasteiger partial charge in [-0.15, -0.1) is 0 Å². The molecule has 0 fully saturated rings. The molecule has 2 aromatic carbocycles. The van der Waals surface area contributed by atoms with Gasteiger partial charge in [-0.2, -0.15) is 5.26 Å². The Morgan fingerprint density at radius 3 is 2.63 bits per heavy atom. The smallest absolute Gasteiger partial charge is 0.253 e. The van der Waals surface area contributed by atoms with Crippen molar-refractivity contribution in [3.8, 4) is 17.6 Å². The zero-order valence-corrected chi connectivity index (χ0v) is 17.3. The van der Waals surface area contributed by atoms with Crippen LogP contribution in [0.5, 0.6) is 11.5 Å². The zero-order valence-electron chi connectivity index (χ0n) is 17.3. The molecule has 0 bridgehead atoms. The minimum atomic E-state index is -0.372.